The van der Waals surface area contributed by atoms with E-state index in [1.54, 1.807) is 0 Å². The molecule has 1 aromatic heterocycles. The van der Waals surface area contributed by atoms with Crippen molar-refractivity contribution >= 4 is 29.7 Å². The zero-order valence-electron chi connectivity index (χ0n) is 9.89. The molecule has 0 spiro atoms. The number of hydrogen-bond donors (Lipinski definition) is 1. The van der Waals surface area contributed by atoms with Crippen molar-refractivity contribution in [3.05, 3.63) is 16.4 Å². The monoisotopic (exact) mass is 275 g/mol. The number of hydrogen-bond acceptors (Lipinski definition) is 3. The molecule has 1 aliphatic rings. The number of rotatable bonds is 3. The Labute approximate surface area is 111 Å². The quantitative estimate of drug-likeness (QED) is 0.905. The van der Waals surface area contributed by atoms with Crippen LogP contribution in [-0.4, -0.2) is 23.6 Å². The first-order chi connectivity index (χ1) is 7.75. The van der Waals surface area contributed by atoms with E-state index in [0.29, 0.717) is 12.3 Å². The van der Waals surface area contributed by atoms with Crippen LogP contribution in [-0.2, 0) is 11.8 Å². The van der Waals surface area contributed by atoms with Crippen LogP contribution in [0.3, 0.4) is 0 Å². The van der Waals surface area contributed by atoms with E-state index in [0.717, 1.165) is 24.3 Å². The van der Waals surface area contributed by atoms with Crippen LogP contribution in [0.2, 0.25) is 0 Å². The first-order valence-electron chi connectivity index (χ1n) is 5.64. The summed E-state index contributed by atoms with van der Waals surface area (Å²) >= 11 is 1.50. The normalized spacial score (nSPS) is 20.3. The first-order valence-corrected chi connectivity index (χ1v) is 6.52. The summed E-state index contributed by atoms with van der Waals surface area (Å²) < 4.78 is 1.87. The van der Waals surface area contributed by atoms with Gasteiger partial charge in [-0.3, -0.25) is 4.79 Å². The average Bonchev–Trinajstić information content (AvgIpc) is 2.88. The molecule has 0 saturated carbocycles. The second-order valence-electron chi connectivity index (χ2n) is 4.20. The highest BCUT2D eigenvalue weighted by Crippen LogP contribution is 2.14. The number of nitrogens with one attached hydrogen (secondary N) is 1. The highest BCUT2D eigenvalue weighted by Gasteiger charge is 2.15. The number of nitrogens with zero attached hydrogens (tertiary/aromatic N) is 2. The Morgan fingerprint density at radius 2 is 2.53 bits per heavy atom. The molecule has 96 valence electrons. The molecular formula is C11H18ClN3OS. The van der Waals surface area contributed by atoms with Crippen LogP contribution in [0.4, 0.5) is 0 Å². The Hall–Kier alpha value is -0.650. The predicted octanol–water partition coefficient (Wildman–Crippen LogP) is 1.33. The second-order valence-corrected chi connectivity index (χ2v) is 5.07. The summed E-state index contributed by atoms with van der Waals surface area (Å²) in [5.41, 5.74) is 0. The summed E-state index contributed by atoms with van der Waals surface area (Å²) in [5, 5.41) is 5.24. The maximum absolute atomic E-state index is 11.6. The molecule has 1 aliphatic heterocycles. The van der Waals surface area contributed by atoms with Crippen LogP contribution in [0.5, 0.6) is 0 Å². The molecule has 1 atom stereocenters. The minimum absolute atomic E-state index is 0. The standard InChI is InChI=1S/C11H17N3OS.ClH/c1-14-6-7-16-11(14)13-10(15)3-2-9-4-5-12-8-9;/h6-7,9,12H,2-5,8H2,1H3;1H. The van der Waals surface area contributed by atoms with Crippen LogP contribution in [0.25, 0.3) is 0 Å². The first kappa shape index (κ1) is 14.4. The van der Waals surface area contributed by atoms with E-state index >= 15 is 0 Å². The molecule has 1 N–H and O–H groups in total. The third-order valence-corrected chi connectivity index (χ3v) is 3.76. The topological polar surface area (TPSA) is 46.4 Å². The number of carbonyl (C=O) groups is 1. The molecule has 1 saturated heterocycles. The summed E-state index contributed by atoms with van der Waals surface area (Å²) in [6, 6.07) is 0. The van der Waals surface area contributed by atoms with Gasteiger partial charge in [0.05, 0.1) is 0 Å². The molecular weight excluding hydrogens is 258 g/mol. The van der Waals surface area contributed by atoms with Gasteiger partial charge in [-0.2, -0.15) is 4.99 Å². The zero-order valence-corrected chi connectivity index (χ0v) is 11.5. The van der Waals surface area contributed by atoms with Gasteiger partial charge >= 0.3 is 0 Å². The van der Waals surface area contributed by atoms with Crippen molar-refractivity contribution in [3.63, 3.8) is 0 Å². The fraction of sp³-hybridized carbons (Fsp3) is 0.636. The van der Waals surface area contributed by atoms with Crippen LogP contribution >= 0.6 is 23.7 Å². The van der Waals surface area contributed by atoms with Crippen molar-refractivity contribution in [2.75, 3.05) is 13.1 Å². The van der Waals surface area contributed by atoms with Crippen molar-refractivity contribution in [1.82, 2.24) is 9.88 Å². The number of carbonyl (C=O) groups excluding carboxylic acids is 1. The number of aryl methyl sites for hydroxylation is 1. The van der Waals surface area contributed by atoms with Crippen LogP contribution < -0.4 is 10.1 Å². The lowest BCUT2D eigenvalue weighted by atomic mass is 10.0. The van der Waals surface area contributed by atoms with Gasteiger partial charge in [0, 0.05) is 25.0 Å². The fourth-order valence-electron chi connectivity index (χ4n) is 1.89. The van der Waals surface area contributed by atoms with Crippen molar-refractivity contribution in [2.24, 2.45) is 18.0 Å². The van der Waals surface area contributed by atoms with E-state index in [-0.39, 0.29) is 18.3 Å². The molecule has 1 amide bonds. The lowest BCUT2D eigenvalue weighted by molar-refractivity contribution is -0.118. The molecule has 0 aromatic carbocycles. The Morgan fingerprint density at radius 1 is 1.71 bits per heavy atom. The summed E-state index contributed by atoms with van der Waals surface area (Å²) in [4.78, 5) is 16.5. The van der Waals surface area contributed by atoms with Crippen LogP contribution in [0.15, 0.2) is 16.6 Å². The van der Waals surface area contributed by atoms with Gasteiger partial charge in [0.15, 0.2) is 4.80 Å². The van der Waals surface area contributed by atoms with Gasteiger partial charge in [0.1, 0.15) is 0 Å². The summed E-state index contributed by atoms with van der Waals surface area (Å²) in [6.45, 7) is 2.15. The average molecular weight is 276 g/mol. The van der Waals surface area contributed by atoms with Crippen LogP contribution in [0.1, 0.15) is 19.3 Å². The Bertz CT molecular complexity index is 420. The molecule has 1 fully saturated rings. The van der Waals surface area contributed by atoms with E-state index in [2.05, 4.69) is 10.3 Å². The van der Waals surface area contributed by atoms with E-state index in [9.17, 15) is 4.79 Å². The third kappa shape index (κ3) is 4.26. The second kappa shape index (κ2) is 6.93. The smallest absolute Gasteiger partial charge is 0.248 e. The Kier molecular flexibility index (Phi) is 5.88. The lowest BCUT2D eigenvalue weighted by Gasteiger charge is -2.04. The molecule has 1 aromatic rings. The van der Waals surface area contributed by atoms with Gasteiger partial charge in [-0.1, -0.05) is 0 Å². The number of amides is 1. The van der Waals surface area contributed by atoms with Gasteiger partial charge < -0.3 is 9.88 Å². The molecule has 4 nitrogen and oxygen atoms in total. The molecule has 17 heavy (non-hydrogen) atoms. The lowest BCUT2D eigenvalue weighted by Crippen LogP contribution is -2.14. The largest absolute Gasteiger partial charge is 0.327 e. The van der Waals surface area contributed by atoms with Crippen molar-refractivity contribution < 1.29 is 4.79 Å². The summed E-state index contributed by atoms with van der Waals surface area (Å²) in [5.74, 6) is 0.668. The summed E-state index contributed by atoms with van der Waals surface area (Å²) in [6.07, 6.45) is 4.65. The highest BCUT2D eigenvalue weighted by molar-refractivity contribution is 7.07. The van der Waals surface area contributed by atoms with Crippen molar-refractivity contribution in [2.45, 2.75) is 19.3 Å². The molecule has 0 radical (unpaired) electrons. The molecule has 6 heteroatoms. The maximum atomic E-state index is 11.6. The van der Waals surface area contributed by atoms with Gasteiger partial charge in [-0.15, -0.1) is 23.7 Å². The van der Waals surface area contributed by atoms with Gasteiger partial charge in [0.25, 0.3) is 0 Å². The third-order valence-electron chi connectivity index (χ3n) is 2.91. The molecule has 2 heterocycles. The van der Waals surface area contributed by atoms with Gasteiger partial charge in [0.2, 0.25) is 5.91 Å². The molecule has 0 aliphatic carbocycles. The molecule has 1 unspecified atom stereocenters. The van der Waals surface area contributed by atoms with E-state index in [4.69, 9.17) is 0 Å². The predicted molar refractivity (Wildman–Crippen MR) is 71.3 cm³/mol. The number of aromatic nitrogens is 1. The zero-order chi connectivity index (χ0) is 11.4. The molecule has 0 bridgehead atoms. The maximum Gasteiger partial charge on any atom is 0.248 e. The van der Waals surface area contributed by atoms with E-state index in [1.807, 2.05) is 23.2 Å². The SMILES string of the molecule is Cl.Cn1ccsc1=NC(=O)CCC1CCNC1. The van der Waals surface area contributed by atoms with E-state index < -0.39 is 0 Å². The Morgan fingerprint density at radius 3 is 3.12 bits per heavy atom. The van der Waals surface area contributed by atoms with E-state index in [1.165, 1.54) is 17.8 Å². The fourth-order valence-corrected chi connectivity index (χ4v) is 2.63. The van der Waals surface area contributed by atoms with Crippen molar-refractivity contribution in [1.29, 1.82) is 0 Å². The van der Waals surface area contributed by atoms with Crippen LogP contribution in [0, 0.1) is 5.92 Å². The minimum atomic E-state index is 0. The van der Waals surface area contributed by atoms with Crippen molar-refractivity contribution in [3.8, 4) is 0 Å². The van der Waals surface area contributed by atoms with Gasteiger partial charge in [-0.05, 0) is 31.8 Å². The summed E-state index contributed by atoms with van der Waals surface area (Å²) in [7, 11) is 1.91. The minimum Gasteiger partial charge on any atom is -0.327 e. The Balaban J connectivity index is 0.00000144. The van der Waals surface area contributed by atoms with Gasteiger partial charge in [-0.25, -0.2) is 0 Å². The number of thiazole rings is 1. The number of halogens is 1. The molecule has 2 rings (SSSR count). The highest BCUT2D eigenvalue weighted by atomic mass is 35.5.